The summed E-state index contributed by atoms with van der Waals surface area (Å²) in [6, 6.07) is 14.2. The monoisotopic (exact) mass is 299 g/mol. The van der Waals surface area contributed by atoms with Crippen molar-refractivity contribution in [3.05, 3.63) is 64.2 Å². The molecule has 0 amide bonds. The van der Waals surface area contributed by atoms with Crippen molar-refractivity contribution in [2.75, 3.05) is 18.0 Å². The van der Waals surface area contributed by atoms with Gasteiger partial charge in [0.05, 0.1) is 0 Å². The summed E-state index contributed by atoms with van der Waals surface area (Å²) in [7, 11) is 0. The standard InChI is InChI=1S/C17H18ClN3/c18-14-5-6-16(15(11-14)17(19)20)21-9-7-12-3-1-2-4-13(12)8-10-21/h1-6,11H,7-10H2,(H3,19,20). The summed E-state index contributed by atoms with van der Waals surface area (Å²) in [5.74, 6) is 0.0641. The number of hydrogen-bond donors (Lipinski definition) is 2. The fraction of sp³-hybridized carbons (Fsp3) is 0.235. The van der Waals surface area contributed by atoms with Gasteiger partial charge in [-0.2, -0.15) is 0 Å². The van der Waals surface area contributed by atoms with Crippen LogP contribution in [0.3, 0.4) is 0 Å². The molecular formula is C17H18ClN3. The Bertz CT molecular complexity index is 654. The van der Waals surface area contributed by atoms with Gasteiger partial charge in [-0.1, -0.05) is 35.9 Å². The fourth-order valence-electron chi connectivity index (χ4n) is 2.91. The predicted molar refractivity (Wildman–Crippen MR) is 88.5 cm³/mol. The van der Waals surface area contributed by atoms with Crippen molar-refractivity contribution in [3.63, 3.8) is 0 Å². The lowest BCUT2D eigenvalue weighted by Crippen LogP contribution is -2.28. The first-order valence-corrected chi connectivity index (χ1v) is 7.48. The van der Waals surface area contributed by atoms with Crippen LogP contribution < -0.4 is 10.6 Å². The maximum atomic E-state index is 7.77. The molecule has 0 aliphatic carbocycles. The van der Waals surface area contributed by atoms with Crippen LogP contribution in [0.15, 0.2) is 42.5 Å². The van der Waals surface area contributed by atoms with E-state index in [-0.39, 0.29) is 5.84 Å². The van der Waals surface area contributed by atoms with Gasteiger partial charge in [0.1, 0.15) is 5.84 Å². The van der Waals surface area contributed by atoms with E-state index in [9.17, 15) is 0 Å². The average molecular weight is 300 g/mol. The molecule has 1 heterocycles. The van der Waals surface area contributed by atoms with Gasteiger partial charge in [-0.05, 0) is 42.2 Å². The van der Waals surface area contributed by atoms with E-state index in [0.29, 0.717) is 10.6 Å². The average Bonchev–Trinajstić information content (AvgIpc) is 2.70. The van der Waals surface area contributed by atoms with Crippen LogP contribution >= 0.6 is 11.6 Å². The van der Waals surface area contributed by atoms with Gasteiger partial charge in [-0.25, -0.2) is 0 Å². The molecule has 0 atom stereocenters. The molecule has 0 fully saturated rings. The van der Waals surface area contributed by atoms with Crippen LogP contribution in [0.2, 0.25) is 5.02 Å². The third-order valence-corrected chi connectivity index (χ3v) is 4.25. The smallest absolute Gasteiger partial charge is 0.124 e. The molecule has 0 saturated carbocycles. The predicted octanol–water partition coefficient (Wildman–Crippen LogP) is 3.23. The van der Waals surface area contributed by atoms with E-state index in [1.807, 2.05) is 12.1 Å². The second-order valence-electron chi connectivity index (χ2n) is 5.33. The number of rotatable bonds is 2. The van der Waals surface area contributed by atoms with E-state index in [1.54, 1.807) is 6.07 Å². The highest BCUT2D eigenvalue weighted by Gasteiger charge is 2.17. The van der Waals surface area contributed by atoms with E-state index in [2.05, 4.69) is 29.2 Å². The van der Waals surface area contributed by atoms with E-state index in [4.69, 9.17) is 22.7 Å². The first-order chi connectivity index (χ1) is 10.1. The third-order valence-electron chi connectivity index (χ3n) is 4.01. The molecule has 2 aromatic carbocycles. The van der Waals surface area contributed by atoms with E-state index in [0.717, 1.165) is 31.6 Å². The van der Waals surface area contributed by atoms with Crippen LogP contribution in [-0.2, 0) is 12.8 Å². The minimum Gasteiger partial charge on any atom is -0.384 e. The number of nitrogen functional groups attached to an aromatic ring is 1. The van der Waals surface area contributed by atoms with Crippen molar-refractivity contribution in [3.8, 4) is 0 Å². The number of anilines is 1. The largest absolute Gasteiger partial charge is 0.384 e. The first kappa shape index (κ1) is 14.0. The summed E-state index contributed by atoms with van der Waals surface area (Å²) >= 11 is 6.03. The third kappa shape index (κ3) is 2.88. The molecule has 4 heteroatoms. The molecule has 3 N–H and O–H groups in total. The summed E-state index contributed by atoms with van der Waals surface area (Å²) in [6.07, 6.45) is 2.02. The highest BCUT2D eigenvalue weighted by atomic mass is 35.5. The van der Waals surface area contributed by atoms with E-state index < -0.39 is 0 Å². The molecular weight excluding hydrogens is 282 g/mol. The fourth-order valence-corrected chi connectivity index (χ4v) is 3.08. The van der Waals surface area contributed by atoms with Gasteiger partial charge >= 0.3 is 0 Å². The molecule has 3 rings (SSSR count). The Morgan fingerprint density at radius 3 is 2.24 bits per heavy atom. The molecule has 0 spiro atoms. The van der Waals surface area contributed by atoms with Crippen LogP contribution in [0.5, 0.6) is 0 Å². The summed E-state index contributed by atoms with van der Waals surface area (Å²) in [6.45, 7) is 1.86. The lowest BCUT2D eigenvalue weighted by atomic mass is 10.0. The van der Waals surface area contributed by atoms with Gasteiger partial charge < -0.3 is 10.6 Å². The lowest BCUT2D eigenvalue weighted by Gasteiger charge is -2.25. The van der Waals surface area contributed by atoms with Crippen molar-refractivity contribution in [2.45, 2.75) is 12.8 Å². The van der Waals surface area contributed by atoms with Crippen LogP contribution in [-0.4, -0.2) is 18.9 Å². The van der Waals surface area contributed by atoms with Crippen molar-refractivity contribution >= 4 is 23.1 Å². The Morgan fingerprint density at radius 1 is 1.05 bits per heavy atom. The molecule has 108 valence electrons. The minimum absolute atomic E-state index is 0.0641. The number of amidine groups is 1. The van der Waals surface area contributed by atoms with E-state index in [1.165, 1.54) is 11.1 Å². The number of fused-ring (bicyclic) bond motifs is 1. The molecule has 21 heavy (non-hydrogen) atoms. The minimum atomic E-state index is 0.0641. The number of nitrogens with one attached hydrogen (secondary N) is 1. The van der Waals surface area contributed by atoms with Gasteiger partial charge in [0.2, 0.25) is 0 Å². The molecule has 0 bridgehead atoms. The van der Waals surface area contributed by atoms with Gasteiger partial charge in [-0.3, -0.25) is 5.41 Å². The lowest BCUT2D eigenvalue weighted by molar-refractivity contribution is 0.805. The van der Waals surface area contributed by atoms with Gasteiger partial charge in [0, 0.05) is 29.4 Å². The number of nitrogens with two attached hydrogens (primary N) is 1. The number of benzene rings is 2. The van der Waals surface area contributed by atoms with Crippen molar-refractivity contribution in [1.82, 2.24) is 0 Å². The second kappa shape index (κ2) is 5.78. The van der Waals surface area contributed by atoms with Crippen molar-refractivity contribution in [1.29, 1.82) is 5.41 Å². The Kier molecular flexibility index (Phi) is 3.84. The highest BCUT2D eigenvalue weighted by molar-refractivity contribution is 6.31. The van der Waals surface area contributed by atoms with Crippen LogP contribution in [0.1, 0.15) is 16.7 Å². The van der Waals surface area contributed by atoms with Crippen LogP contribution in [0, 0.1) is 5.41 Å². The number of halogens is 1. The van der Waals surface area contributed by atoms with E-state index >= 15 is 0 Å². The molecule has 1 aliphatic rings. The second-order valence-corrected chi connectivity index (χ2v) is 5.77. The van der Waals surface area contributed by atoms with Crippen LogP contribution in [0.25, 0.3) is 0 Å². The first-order valence-electron chi connectivity index (χ1n) is 7.11. The zero-order valence-electron chi connectivity index (χ0n) is 11.8. The Labute approximate surface area is 129 Å². The Balaban J connectivity index is 1.91. The van der Waals surface area contributed by atoms with Gasteiger partial charge in [-0.15, -0.1) is 0 Å². The maximum absolute atomic E-state index is 7.77. The Morgan fingerprint density at radius 2 is 1.67 bits per heavy atom. The molecule has 2 aromatic rings. The highest BCUT2D eigenvalue weighted by Crippen LogP contribution is 2.26. The number of hydrogen-bond acceptors (Lipinski definition) is 2. The summed E-state index contributed by atoms with van der Waals surface area (Å²) in [4.78, 5) is 2.30. The molecule has 0 unspecified atom stereocenters. The zero-order valence-corrected chi connectivity index (χ0v) is 12.5. The number of nitrogens with zero attached hydrogens (tertiary/aromatic N) is 1. The Hall–Kier alpha value is -2.00. The maximum Gasteiger partial charge on any atom is 0.124 e. The van der Waals surface area contributed by atoms with Gasteiger partial charge in [0.25, 0.3) is 0 Å². The summed E-state index contributed by atoms with van der Waals surface area (Å²) in [5, 5.41) is 8.38. The molecule has 0 aromatic heterocycles. The zero-order chi connectivity index (χ0) is 14.8. The quantitative estimate of drug-likeness (QED) is 0.661. The normalized spacial score (nSPS) is 14.4. The molecule has 0 saturated heterocycles. The summed E-state index contributed by atoms with van der Waals surface area (Å²) < 4.78 is 0. The molecule has 3 nitrogen and oxygen atoms in total. The molecule has 1 aliphatic heterocycles. The van der Waals surface area contributed by atoms with Gasteiger partial charge in [0.15, 0.2) is 0 Å². The topological polar surface area (TPSA) is 53.1 Å². The molecule has 0 radical (unpaired) electrons. The SMILES string of the molecule is N=C(N)c1cc(Cl)ccc1N1CCc2ccccc2CC1. The van der Waals surface area contributed by atoms with Crippen molar-refractivity contribution < 1.29 is 0 Å². The van der Waals surface area contributed by atoms with Crippen LogP contribution in [0.4, 0.5) is 5.69 Å². The summed E-state index contributed by atoms with van der Waals surface area (Å²) in [5.41, 5.74) is 10.3. The van der Waals surface area contributed by atoms with Crippen molar-refractivity contribution in [2.24, 2.45) is 5.73 Å².